The third kappa shape index (κ3) is 5.30. The lowest BCUT2D eigenvalue weighted by atomic mass is 10.4. The molecule has 2 amide bonds. The number of amides is 2. The molecule has 25 heavy (non-hydrogen) atoms. The number of urea groups is 1. The number of benzene rings is 1. The number of anilines is 1. The second kappa shape index (κ2) is 8.13. The Morgan fingerprint density at radius 3 is 2.52 bits per heavy atom. The highest BCUT2D eigenvalue weighted by Gasteiger charge is 2.21. The number of nitrogens with zero attached hydrogens (tertiary/aromatic N) is 2. The first-order valence-electron chi connectivity index (χ1n) is 7.30. The van der Waals surface area contributed by atoms with Crippen LogP contribution in [0.25, 0.3) is 0 Å². The molecule has 0 unspecified atom stereocenters. The molecule has 132 valence electrons. The van der Waals surface area contributed by atoms with Crippen molar-refractivity contribution >= 4 is 33.8 Å². The Labute approximate surface area is 151 Å². The van der Waals surface area contributed by atoms with Crippen LogP contribution in [0.1, 0.15) is 11.4 Å². The van der Waals surface area contributed by atoms with Crippen LogP contribution in [-0.2, 0) is 10.0 Å². The zero-order valence-electron chi connectivity index (χ0n) is 13.8. The van der Waals surface area contributed by atoms with Crippen LogP contribution in [0.4, 0.5) is 10.7 Å². The van der Waals surface area contributed by atoms with Crippen molar-refractivity contribution in [2.24, 2.45) is 0 Å². The third-order valence-electron chi connectivity index (χ3n) is 2.93. The number of aromatic nitrogens is 2. The van der Waals surface area contributed by atoms with Gasteiger partial charge < -0.3 is 0 Å². The molecule has 7 nitrogen and oxygen atoms in total. The van der Waals surface area contributed by atoms with Gasteiger partial charge in [0.25, 0.3) is 10.0 Å². The average Bonchev–Trinajstić information content (AvgIpc) is 2.51. The van der Waals surface area contributed by atoms with Crippen molar-refractivity contribution in [3.8, 4) is 0 Å². The van der Waals surface area contributed by atoms with Crippen LogP contribution in [0, 0.1) is 13.8 Å². The molecule has 1 aromatic heterocycles. The van der Waals surface area contributed by atoms with E-state index >= 15 is 0 Å². The Morgan fingerprint density at radius 2 is 1.88 bits per heavy atom. The number of sulfonamides is 1. The molecule has 0 radical (unpaired) electrons. The first-order valence-corrected chi connectivity index (χ1v) is 9.77. The fourth-order valence-corrected chi connectivity index (χ4v) is 4.21. The van der Waals surface area contributed by atoms with Crippen molar-refractivity contribution in [1.29, 1.82) is 0 Å². The quantitative estimate of drug-likeness (QED) is 0.592. The number of hydrogen-bond donors (Lipinski definition) is 2. The first-order chi connectivity index (χ1) is 11.8. The molecule has 9 heteroatoms. The van der Waals surface area contributed by atoms with Gasteiger partial charge in [-0.25, -0.2) is 27.9 Å². The van der Waals surface area contributed by atoms with Gasteiger partial charge >= 0.3 is 6.03 Å². The monoisotopic (exact) mass is 378 g/mol. The number of aryl methyl sites for hydroxylation is 2. The Kier molecular flexibility index (Phi) is 6.16. The SMILES string of the molecule is C=CCSc1ccccc1S(=O)(=O)NC(=O)Nc1nc(C)cc(C)n1. The number of nitrogens with one attached hydrogen (secondary N) is 2. The minimum absolute atomic E-state index is 0.0262. The van der Waals surface area contributed by atoms with E-state index in [1.54, 1.807) is 44.2 Å². The van der Waals surface area contributed by atoms with Crippen molar-refractivity contribution in [3.63, 3.8) is 0 Å². The van der Waals surface area contributed by atoms with E-state index in [9.17, 15) is 13.2 Å². The summed E-state index contributed by atoms with van der Waals surface area (Å²) in [7, 11) is -4.03. The lowest BCUT2D eigenvalue weighted by Crippen LogP contribution is -2.35. The second-order valence-corrected chi connectivity index (χ2v) is 7.79. The van der Waals surface area contributed by atoms with Crippen LogP contribution in [0.2, 0.25) is 0 Å². The first kappa shape index (κ1) is 18.9. The molecule has 2 rings (SSSR count). The standard InChI is InChI=1S/C16H18N4O3S2/c1-4-9-24-13-7-5-6-8-14(13)25(22,23)20-16(21)19-15-17-11(2)10-12(3)18-15/h4-8,10H,1,9H2,2-3H3,(H2,17,18,19,20,21). The topological polar surface area (TPSA) is 101 Å². The van der Waals surface area contributed by atoms with E-state index in [1.165, 1.54) is 17.8 Å². The van der Waals surface area contributed by atoms with Crippen LogP contribution in [0.15, 0.2) is 52.8 Å². The van der Waals surface area contributed by atoms with Gasteiger partial charge in [0.2, 0.25) is 5.95 Å². The molecule has 1 heterocycles. The molecular weight excluding hydrogens is 360 g/mol. The van der Waals surface area contributed by atoms with Crippen molar-refractivity contribution in [3.05, 3.63) is 54.4 Å². The Hall–Kier alpha value is -2.39. The molecule has 0 bridgehead atoms. The maximum atomic E-state index is 12.5. The minimum atomic E-state index is -4.03. The predicted molar refractivity (Wildman–Crippen MR) is 98.2 cm³/mol. The summed E-state index contributed by atoms with van der Waals surface area (Å²) in [5, 5.41) is 2.34. The fourth-order valence-electron chi connectivity index (χ4n) is 2.03. The summed E-state index contributed by atoms with van der Waals surface area (Å²) >= 11 is 1.32. The lowest BCUT2D eigenvalue weighted by molar-refractivity contribution is 0.256. The molecule has 1 aromatic carbocycles. The van der Waals surface area contributed by atoms with Crippen LogP contribution >= 0.6 is 11.8 Å². The molecular formula is C16H18N4O3S2. The summed E-state index contributed by atoms with van der Waals surface area (Å²) in [6.45, 7) is 7.12. The van der Waals surface area contributed by atoms with Gasteiger partial charge in [0.1, 0.15) is 4.90 Å². The molecule has 0 aliphatic heterocycles. The molecule has 2 N–H and O–H groups in total. The Balaban J connectivity index is 2.18. The minimum Gasteiger partial charge on any atom is -0.275 e. The molecule has 0 aliphatic rings. The molecule has 2 aromatic rings. The zero-order chi connectivity index (χ0) is 18.4. The predicted octanol–water partition coefficient (Wildman–Crippen LogP) is 2.88. The van der Waals surface area contributed by atoms with Crippen LogP contribution < -0.4 is 10.0 Å². The van der Waals surface area contributed by atoms with Crippen molar-refractivity contribution in [1.82, 2.24) is 14.7 Å². The maximum absolute atomic E-state index is 12.5. The van der Waals surface area contributed by atoms with Crippen molar-refractivity contribution < 1.29 is 13.2 Å². The lowest BCUT2D eigenvalue weighted by Gasteiger charge is -2.11. The molecule has 0 atom stereocenters. The molecule has 0 saturated heterocycles. The summed E-state index contributed by atoms with van der Waals surface area (Å²) in [5.41, 5.74) is 1.33. The molecule has 0 saturated carbocycles. The normalized spacial score (nSPS) is 11.0. The third-order valence-corrected chi connectivity index (χ3v) is 5.52. The number of carbonyl (C=O) groups is 1. The van der Waals surface area contributed by atoms with Gasteiger partial charge in [0, 0.05) is 22.0 Å². The van der Waals surface area contributed by atoms with Crippen LogP contribution in [-0.4, -0.2) is 30.2 Å². The zero-order valence-corrected chi connectivity index (χ0v) is 15.4. The van der Waals surface area contributed by atoms with E-state index < -0.39 is 16.1 Å². The molecule has 0 aliphatic carbocycles. The Bertz CT molecular complexity index is 878. The number of hydrogen-bond acceptors (Lipinski definition) is 6. The number of thioether (sulfide) groups is 1. The molecule has 0 spiro atoms. The van der Waals surface area contributed by atoms with E-state index in [0.717, 1.165) is 0 Å². The summed E-state index contributed by atoms with van der Waals surface area (Å²) in [4.78, 5) is 20.7. The van der Waals surface area contributed by atoms with E-state index in [1.807, 2.05) is 4.72 Å². The van der Waals surface area contributed by atoms with Gasteiger partial charge in [0.15, 0.2) is 0 Å². The van der Waals surface area contributed by atoms with Crippen LogP contribution in [0.3, 0.4) is 0 Å². The van der Waals surface area contributed by atoms with Crippen molar-refractivity contribution in [2.75, 3.05) is 11.1 Å². The maximum Gasteiger partial charge on any atom is 0.335 e. The summed E-state index contributed by atoms with van der Waals surface area (Å²) in [5.74, 6) is 0.592. The molecule has 0 fully saturated rings. The highest BCUT2D eigenvalue weighted by molar-refractivity contribution is 8.00. The highest BCUT2D eigenvalue weighted by atomic mass is 32.2. The summed E-state index contributed by atoms with van der Waals surface area (Å²) in [6, 6.07) is 7.26. The van der Waals surface area contributed by atoms with Gasteiger partial charge in [-0.15, -0.1) is 18.3 Å². The summed E-state index contributed by atoms with van der Waals surface area (Å²) in [6.07, 6.45) is 1.67. The van der Waals surface area contributed by atoms with E-state index in [4.69, 9.17) is 0 Å². The number of carbonyl (C=O) groups excluding carboxylic acids is 1. The highest BCUT2D eigenvalue weighted by Crippen LogP contribution is 2.26. The Morgan fingerprint density at radius 1 is 1.24 bits per heavy atom. The second-order valence-electron chi connectivity index (χ2n) is 5.08. The van der Waals surface area contributed by atoms with Gasteiger partial charge in [0.05, 0.1) is 0 Å². The van der Waals surface area contributed by atoms with Gasteiger partial charge in [-0.3, -0.25) is 5.32 Å². The smallest absolute Gasteiger partial charge is 0.275 e. The average molecular weight is 378 g/mol. The van der Waals surface area contributed by atoms with Gasteiger partial charge in [-0.1, -0.05) is 18.2 Å². The summed E-state index contributed by atoms with van der Waals surface area (Å²) < 4.78 is 27.0. The fraction of sp³-hybridized carbons (Fsp3) is 0.188. The van der Waals surface area contributed by atoms with E-state index in [0.29, 0.717) is 22.0 Å². The van der Waals surface area contributed by atoms with Gasteiger partial charge in [-0.2, -0.15) is 0 Å². The van der Waals surface area contributed by atoms with E-state index in [-0.39, 0.29) is 10.8 Å². The largest absolute Gasteiger partial charge is 0.335 e. The van der Waals surface area contributed by atoms with Crippen LogP contribution in [0.5, 0.6) is 0 Å². The number of rotatable bonds is 6. The van der Waals surface area contributed by atoms with E-state index in [2.05, 4.69) is 21.9 Å². The van der Waals surface area contributed by atoms with Gasteiger partial charge in [-0.05, 0) is 32.0 Å². The van der Waals surface area contributed by atoms with Crippen molar-refractivity contribution in [2.45, 2.75) is 23.6 Å².